The Morgan fingerprint density at radius 3 is 2.91 bits per heavy atom. The van der Waals surface area contributed by atoms with Crippen LogP contribution in [-0.4, -0.2) is 4.40 Å². The molecule has 54 valence electrons. The second kappa shape index (κ2) is 2.23. The molecule has 0 spiro atoms. The van der Waals surface area contributed by atoms with Crippen molar-refractivity contribution in [1.29, 1.82) is 0 Å². The quantitative estimate of drug-likeness (QED) is 0.547. The minimum Gasteiger partial charge on any atom is -0.324 e. The monoisotopic (exact) mass is 145 g/mol. The van der Waals surface area contributed by atoms with Crippen LogP contribution >= 0.6 is 0 Å². The summed E-state index contributed by atoms with van der Waals surface area (Å²) >= 11 is 0. The molecule has 2 heterocycles. The van der Waals surface area contributed by atoms with Gasteiger partial charge in [-0.15, -0.1) is 0 Å². The fourth-order valence-electron chi connectivity index (χ4n) is 1.07. The van der Waals surface area contributed by atoms with Gasteiger partial charge in [-0.2, -0.15) is 0 Å². The predicted octanol–water partition coefficient (Wildman–Crippen LogP) is 1.30. The second-order valence-electron chi connectivity index (χ2n) is 2.40. The van der Waals surface area contributed by atoms with Crippen LogP contribution in [0.2, 0.25) is 0 Å². The molecular weight excluding hydrogens is 138 g/mol. The summed E-state index contributed by atoms with van der Waals surface area (Å²) < 4.78 is 1.90. The smallest absolute Gasteiger partial charge is 0.182 e. The van der Waals surface area contributed by atoms with E-state index in [0.29, 0.717) is 0 Å². The molecule has 2 aromatic heterocycles. The van der Waals surface area contributed by atoms with Crippen molar-refractivity contribution in [3.05, 3.63) is 52.9 Å². The first-order valence-electron chi connectivity index (χ1n) is 3.43. The standard InChI is InChI=1S/C9H7NO/c11-9-4-6-10-5-2-1-3-8(10)7-9/h1-7H. The van der Waals surface area contributed by atoms with Gasteiger partial charge < -0.3 is 4.40 Å². The van der Waals surface area contributed by atoms with Crippen molar-refractivity contribution in [1.82, 2.24) is 4.40 Å². The largest absolute Gasteiger partial charge is 0.324 e. The van der Waals surface area contributed by atoms with Crippen molar-refractivity contribution in [2.45, 2.75) is 0 Å². The topological polar surface area (TPSA) is 21.5 Å². The molecule has 0 atom stereocenters. The number of fused-ring (bicyclic) bond motifs is 1. The maximum atomic E-state index is 10.9. The molecule has 2 rings (SSSR count). The minimum absolute atomic E-state index is 0.0520. The minimum atomic E-state index is 0.0520. The van der Waals surface area contributed by atoms with Gasteiger partial charge >= 0.3 is 0 Å². The summed E-state index contributed by atoms with van der Waals surface area (Å²) in [4.78, 5) is 10.9. The highest BCUT2D eigenvalue weighted by Gasteiger charge is 1.87. The van der Waals surface area contributed by atoms with Gasteiger partial charge in [0, 0.05) is 30.0 Å². The molecule has 0 fully saturated rings. The Kier molecular flexibility index (Phi) is 1.25. The number of pyridine rings is 2. The molecular formula is C9H7NO. The number of hydrogen-bond donors (Lipinski definition) is 0. The van der Waals surface area contributed by atoms with Crippen molar-refractivity contribution in [2.75, 3.05) is 0 Å². The van der Waals surface area contributed by atoms with E-state index in [9.17, 15) is 4.79 Å². The fourth-order valence-corrected chi connectivity index (χ4v) is 1.07. The van der Waals surface area contributed by atoms with Crippen LogP contribution < -0.4 is 5.43 Å². The van der Waals surface area contributed by atoms with Crippen LogP contribution in [0.15, 0.2) is 47.5 Å². The SMILES string of the molecule is O=c1ccn2ccccc2c1. The van der Waals surface area contributed by atoms with Crippen LogP contribution in [0.4, 0.5) is 0 Å². The van der Waals surface area contributed by atoms with Crippen LogP contribution in [0.5, 0.6) is 0 Å². The first-order valence-corrected chi connectivity index (χ1v) is 3.43. The van der Waals surface area contributed by atoms with E-state index in [1.807, 2.05) is 28.8 Å². The molecule has 2 nitrogen and oxygen atoms in total. The van der Waals surface area contributed by atoms with Crippen molar-refractivity contribution in [2.24, 2.45) is 0 Å². The van der Waals surface area contributed by atoms with Gasteiger partial charge in [0.05, 0.1) is 0 Å². The van der Waals surface area contributed by atoms with Gasteiger partial charge in [-0.3, -0.25) is 4.79 Å². The predicted molar refractivity (Wildman–Crippen MR) is 43.7 cm³/mol. The lowest BCUT2D eigenvalue weighted by Crippen LogP contribution is -1.98. The van der Waals surface area contributed by atoms with E-state index in [2.05, 4.69) is 0 Å². The molecule has 0 aliphatic rings. The highest BCUT2D eigenvalue weighted by Crippen LogP contribution is 1.97. The van der Waals surface area contributed by atoms with Crippen molar-refractivity contribution >= 4 is 5.52 Å². The van der Waals surface area contributed by atoms with Gasteiger partial charge in [0.1, 0.15) is 0 Å². The molecule has 2 aromatic rings. The van der Waals surface area contributed by atoms with Gasteiger partial charge in [-0.25, -0.2) is 0 Å². The van der Waals surface area contributed by atoms with Gasteiger partial charge in [-0.05, 0) is 12.1 Å². The Balaban J connectivity index is 2.94. The Bertz CT molecular complexity index is 431. The van der Waals surface area contributed by atoms with E-state index >= 15 is 0 Å². The normalized spacial score (nSPS) is 10.2. The van der Waals surface area contributed by atoms with Crippen LogP contribution in [-0.2, 0) is 0 Å². The van der Waals surface area contributed by atoms with E-state index in [0.717, 1.165) is 5.52 Å². The highest BCUT2D eigenvalue weighted by molar-refractivity contribution is 5.45. The number of aromatic nitrogens is 1. The third kappa shape index (κ3) is 1.03. The van der Waals surface area contributed by atoms with E-state index in [1.54, 1.807) is 18.3 Å². The summed E-state index contributed by atoms with van der Waals surface area (Å²) in [6, 6.07) is 8.90. The average Bonchev–Trinajstić information content (AvgIpc) is 2.04. The second-order valence-corrected chi connectivity index (χ2v) is 2.40. The lowest BCUT2D eigenvalue weighted by atomic mass is 10.3. The molecule has 0 aliphatic carbocycles. The van der Waals surface area contributed by atoms with E-state index < -0.39 is 0 Å². The summed E-state index contributed by atoms with van der Waals surface area (Å²) in [5.74, 6) is 0. The van der Waals surface area contributed by atoms with E-state index in [-0.39, 0.29) is 5.43 Å². The molecule has 0 amide bonds. The van der Waals surface area contributed by atoms with Gasteiger partial charge in [0.15, 0.2) is 5.43 Å². The molecule has 0 saturated heterocycles. The molecule has 11 heavy (non-hydrogen) atoms. The van der Waals surface area contributed by atoms with E-state index in [1.165, 1.54) is 0 Å². The molecule has 0 bridgehead atoms. The molecule has 0 unspecified atom stereocenters. The zero-order chi connectivity index (χ0) is 7.68. The average molecular weight is 145 g/mol. The lowest BCUT2D eigenvalue weighted by Gasteiger charge is -1.96. The van der Waals surface area contributed by atoms with Gasteiger partial charge in [0.2, 0.25) is 0 Å². The van der Waals surface area contributed by atoms with Crippen LogP contribution in [0.3, 0.4) is 0 Å². The molecule has 0 aliphatic heterocycles. The summed E-state index contributed by atoms with van der Waals surface area (Å²) in [6.07, 6.45) is 3.67. The highest BCUT2D eigenvalue weighted by atomic mass is 16.1. The summed E-state index contributed by atoms with van der Waals surface area (Å²) in [7, 11) is 0. The molecule has 0 saturated carbocycles. The van der Waals surface area contributed by atoms with Crippen molar-refractivity contribution < 1.29 is 0 Å². The van der Waals surface area contributed by atoms with Crippen LogP contribution in [0.25, 0.3) is 5.52 Å². The maximum absolute atomic E-state index is 10.9. The summed E-state index contributed by atoms with van der Waals surface area (Å²) in [6.45, 7) is 0. The fraction of sp³-hybridized carbons (Fsp3) is 0. The van der Waals surface area contributed by atoms with Crippen LogP contribution in [0.1, 0.15) is 0 Å². The van der Waals surface area contributed by atoms with Crippen molar-refractivity contribution in [3.8, 4) is 0 Å². The number of hydrogen-bond acceptors (Lipinski definition) is 1. The molecule has 0 radical (unpaired) electrons. The molecule has 0 N–H and O–H groups in total. The third-order valence-electron chi connectivity index (χ3n) is 1.61. The number of nitrogens with zero attached hydrogens (tertiary/aromatic N) is 1. The lowest BCUT2D eigenvalue weighted by molar-refractivity contribution is 1.15. The zero-order valence-corrected chi connectivity index (χ0v) is 5.90. The molecule has 0 aromatic carbocycles. The first kappa shape index (κ1) is 6.16. The summed E-state index contributed by atoms with van der Waals surface area (Å²) in [5.41, 5.74) is 0.983. The third-order valence-corrected chi connectivity index (χ3v) is 1.61. The Morgan fingerprint density at radius 2 is 2.00 bits per heavy atom. The van der Waals surface area contributed by atoms with Gasteiger partial charge in [0.25, 0.3) is 0 Å². The Morgan fingerprint density at radius 1 is 1.09 bits per heavy atom. The van der Waals surface area contributed by atoms with Gasteiger partial charge in [-0.1, -0.05) is 6.07 Å². The zero-order valence-electron chi connectivity index (χ0n) is 5.90. The van der Waals surface area contributed by atoms with Crippen molar-refractivity contribution in [3.63, 3.8) is 0 Å². The number of rotatable bonds is 0. The first-order chi connectivity index (χ1) is 5.36. The van der Waals surface area contributed by atoms with E-state index in [4.69, 9.17) is 0 Å². The maximum Gasteiger partial charge on any atom is 0.182 e. The summed E-state index contributed by atoms with van der Waals surface area (Å²) in [5, 5.41) is 0. The molecule has 2 heteroatoms. The Hall–Kier alpha value is -1.57. The Labute approximate surface area is 63.7 Å². The van der Waals surface area contributed by atoms with Crippen LogP contribution in [0, 0.1) is 0 Å².